The highest BCUT2D eigenvalue weighted by molar-refractivity contribution is 5.99. The van der Waals surface area contributed by atoms with Gasteiger partial charge in [-0.25, -0.2) is 0 Å². The van der Waals surface area contributed by atoms with Crippen LogP contribution in [0.4, 0.5) is 0 Å². The molecule has 2 rings (SSSR count). The molecule has 0 unspecified atom stereocenters. The van der Waals surface area contributed by atoms with Crippen LogP contribution in [0.5, 0.6) is 0 Å². The van der Waals surface area contributed by atoms with Gasteiger partial charge in [0.2, 0.25) is 5.91 Å². The van der Waals surface area contributed by atoms with Crippen molar-refractivity contribution in [3.8, 4) is 0 Å². The minimum absolute atomic E-state index is 0.0382. The van der Waals surface area contributed by atoms with E-state index in [1.54, 1.807) is 24.3 Å². The van der Waals surface area contributed by atoms with E-state index < -0.39 is 0 Å². The number of benzene rings is 1. The Balaban J connectivity index is 2.05. The standard InChI is InChI=1S/C31H52N4O3/c1-6-17-35(18-7-2)31(38)26-14-10-13-25(20-26)30(37)34-28(16-15-22(3)4)27(32)19-23(5)29(36)33-21-24-11-8-9-12-24/h10,13-14,20,22-24,27-28H,6-9,11-12,15-19,21,32H2,1-5H3,(H,33,36)(H,34,37)/t23-,27+,28+/m1/s1. The Bertz CT molecular complexity index is 876. The lowest BCUT2D eigenvalue weighted by molar-refractivity contribution is -0.125. The molecule has 0 bridgehead atoms. The van der Waals surface area contributed by atoms with Crippen molar-refractivity contribution in [3.63, 3.8) is 0 Å². The number of rotatable bonds is 16. The van der Waals surface area contributed by atoms with E-state index in [2.05, 4.69) is 38.3 Å². The Hall–Kier alpha value is -2.41. The lowest BCUT2D eigenvalue weighted by Crippen LogP contribution is -2.49. The van der Waals surface area contributed by atoms with Gasteiger partial charge >= 0.3 is 0 Å². The van der Waals surface area contributed by atoms with Crippen LogP contribution >= 0.6 is 0 Å². The van der Waals surface area contributed by atoms with Gasteiger partial charge in [0.05, 0.1) is 0 Å². The van der Waals surface area contributed by atoms with Gasteiger partial charge in [0.1, 0.15) is 0 Å². The summed E-state index contributed by atoms with van der Waals surface area (Å²) in [6.45, 7) is 12.5. The second kappa shape index (κ2) is 16.5. The molecule has 1 aromatic carbocycles. The van der Waals surface area contributed by atoms with Crippen molar-refractivity contribution in [3.05, 3.63) is 35.4 Å². The Morgan fingerprint density at radius 2 is 1.63 bits per heavy atom. The molecule has 1 aliphatic rings. The van der Waals surface area contributed by atoms with Gasteiger partial charge in [-0.15, -0.1) is 0 Å². The Kier molecular flexibility index (Phi) is 13.8. The molecule has 38 heavy (non-hydrogen) atoms. The molecule has 0 aromatic heterocycles. The largest absolute Gasteiger partial charge is 0.356 e. The summed E-state index contributed by atoms with van der Waals surface area (Å²) >= 11 is 0. The lowest BCUT2D eigenvalue weighted by Gasteiger charge is -2.28. The summed E-state index contributed by atoms with van der Waals surface area (Å²) in [5.74, 6) is 0.591. The number of hydrogen-bond acceptors (Lipinski definition) is 4. The van der Waals surface area contributed by atoms with Crippen LogP contribution in [-0.2, 0) is 4.79 Å². The average Bonchev–Trinajstić information content (AvgIpc) is 3.42. The molecule has 1 aromatic rings. The molecule has 1 saturated carbocycles. The van der Waals surface area contributed by atoms with Crippen molar-refractivity contribution in [1.29, 1.82) is 0 Å². The van der Waals surface area contributed by atoms with Crippen LogP contribution in [0.15, 0.2) is 24.3 Å². The first-order valence-corrected chi connectivity index (χ1v) is 14.9. The zero-order valence-corrected chi connectivity index (χ0v) is 24.4. The van der Waals surface area contributed by atoms with E-state index >= 15 is 0 Å². The van der Waals surface area contributed by atoms with Crippen molar-refractivity contribution >= 4 is 17.7 Å². The SMILES string of the molecule is CCCN(CCC)C(=O)c1cccc(C(=O)N[C@@H](CCC(C)C)[C@@H](N)C[C@@H](C)C(=O)NCC2CCCC2)c1. The number of nitrogens with two attached hydrogens (primary N) is 1. The first-order valence-electron chi connectivity index (χ1n) is 14.9. The van der Waals surface area contributed by atoms with Crippen LogP contribution in [0.2, 0.25) is 0 Å². The molecule has 0 heterocycles. The van der Waals surface area contributed by atoms with E-state index in [1.165, 1.54) is 25.7 Å². The summed E-state index contributed by atoms with van der Waals surface area (Å²) in [5.41, 5.74) is 7.59. The second-order valence-corrected chi connectivity index (χ2v) is 11.6. The molecule has 7 heteroatoms. The van der Waals surface area contributed by atoms with Crippen molar-refractivity contribution < 1.29 is 14.4 Å². The third-order valence-electron chi connectivity index (χ3n) is 7.65. The Morgan fingerprint density at radius 1 is 1.00 bits per heavy atom. The predicted octanol–water partition coefficient (Wildman–Crippen LogP) is 5.14. The fourth-order valence-corrected chi connectivity index (χ4v) is 5.30. The van der Waals surface area contributed by atoms with Gasteiger partial charge < -0.3 is 21.3 Å². The molecule has 214 valence electrons. The number of nitrogens with one attached hydrogen (secondary N) is 2. The molecule has 3 atom stereocenters. The first-order chi connectivity index (χ1) is 18.2. The van der Waals surface area contributed by atoms with Crippen LogP contribution in [0.25, 0.3) is 0 Å². The minimum Gasteiger partial charge on any atom is -0.356 e. The zero-order chi connectivity index (χ0) is 28.1. The molecular weight excluding hydrogens is 476 g/mol. The predicted molar refractivity (Wildman–Crippen MR) is 155 cm³/mol. The molecule has 7 nitrogen and oxygen atoms in total. The second-order valence-electron chi connectivity index (χ2n) is 11.6. The van der Waals surface area contributed by atoms with Gasteiger partial charge in [0.15, 0.2) is 0 Å². The van der Waals surface area contributed by atoms with Crippen molar-refractivity contribution in [2.75, 3.05) is 19.6 Å². The molecule has 0 spiro atoms. The monoisotopic (exact) mass is 528 g/mol. The van der Waals surface area contributed by atoms with E-state index in [4.69, 9.17) is 5.73 Å². The van der Waals surface area contributed by atoms with Gasteiger partial charge in [-0.1, -0.05) is 53.5 Å². The molecule has 1 aliphatic carbocycles. The van der Waals surface area contributed by atoms with Crippen molar-refractivity contribution in [2.24, 2.45) is 23.5 Å². The Morgan fingerprint density at radius 3 is 2.24 bits per heavy atom. The summed E-state index contributed by atoms with van der Waals surface area (Å²) in [5, 5.41) is 6.25. The molecule has 0 radical (unpaired) electrons. The minimum atomic E-state index is -0.348. The lowest BCUT2D eigenvalue weighted by atomic mass is 9.91. The maximum Gasteiger partial charge on any atom is 0.253 e. The normalized spacial score (nSPS) is 16.2. The van der Waals surface area contributed by atoms with Crippen LogP contribution in [0, 0.1) is 17.8 Å². The third kappa shape index (κ3) is 10.4. The number of nitrogens with zero attached hydrogens (tertiary/aromatic N) is 1. The summed E-state index contributed by atoms with van der Waals surface area (Å²) in [7, 11) is 0. The highest BCUT2D eigenvalue weighted by Crippen LogP contribution is 2.24. The van der Waals surface area contributed by atoms with Crippen LogP contribution in [0.1, 0.15) is 113 Å². The van der Waals surface area contributed by atoms with Gasteiger partial charge in [0, 0.05) is 48.8 Å². The number of hydrogen-bond donors (Lipinski definition) is 3. The summed E-state index contributed by atoms with van der Waals surface area (Å²) in [6.07, 6.45) is 8.83. The van der Waals surface area contributed by atoms with E-state index in [-0.39, 0.29) is 35.7 Å². The fourth-order valence-electron chi connectivity index (χ4n) is 5.30. The van der Waals surface area contributed by atoms with Gasteiger partial charge in [-0.3, -0.25) is 14.4 Å². The number of carbonyl (C=O) groups is 3. The third-order valence-corrected chi connectivity index (χ3v) is 7.65. The summed E-state index contributed by atoms with van der Waals surface area (Å²) in [6, 6.07) is 6.34. The van der Waals surface area contributed by atoms with Crippen molar-refractivity contribution in [2.45, 2.75) is 104 Å². The highest BCUT2D eigenvalue weighted by atomic mass is 16.2. The molecule has 0 saturated heterocycles. The van der Waals surface area contributed by atoms with Crippen LogP contribution in [-0.4, -0.2) is 54.3 Å². The average molecular weight is 529 g/mol. The number of carbonyl (C=O) groups excluding carboxylic acids is 3. The molecular formula is C31H52N4O3. The molecule has 0 aliphatic heterocycles. The molecule has 1 fully saturated rings. The van der Waals surface area contributed by atoms with Crippen LogP contribution < -0.4 is 16.4 Å². The van der Waals surface area contributed by atoms with Gasteiger partial charge in [-0.05, 0) is 75.0 Å². The quantitative estimate of drug-likeness (QED) is 0.276. The van der Waals surface area contributed by atoms with Gasteiger partial charge in [-0.2, -0.15) is 0 Å². The maximum absolute atomic E-state index is 13.3. The first kappa shape index (κ1) is 31.8. The Labute approximate surface area is 230 Å². The van der Waals surface area contributed by atoms with Gasteiger partial charge in [0.25, 0.3) is 11.8 Å². The summed E-state index contributed by atoms with van der Waals surface area (Å²) < 4.78 is 0. The van der Waals surface area contributed by atoms with E-state index in [9.17, 15) is 14.4 Å². The summed E-state index contributed by atoms with van der Waals surface area (Å²) in [4.78, 5) is 40.9. The molecule has 3 amide bonds. The number of amides is 3. The fraction of sp³-hybridized carbons (Fsp3) is 0.710. The smallest absolute Gasteiger partial charge is 0.253 e. The van der Waals surface area contributed by atoms with E-state index in [1.807, 2.05) is 11.8 Å². The van der Waals surface area contributed by atoms with E-state index in [0.29, 0.717) is 42.5 Å². The zero-order valence-electron chi connectivity index (χ0n) is 24.4. The van der Waals surface area contributed by atoms with Crippen molar-refractivity contribution in [1.82, 2.24) is 15.5 Å². The maximum atomic E-state index is 13.3. The topological polar surface area (TPSA) is 105 Å². The molecule has 4 N–H and O–H groups in total. The van der Waals surface area contributed by atoms with E-state index in [0.717, 1.165) is 32.2 Å². The van der Waals surface area contributed by atoms with Crippen LogP contribution in [0.3, 0.4) is 0 Å². The highest BCUT2D eigenvalue weighted by Gasteiger charge is 2.26.